The van der Waals surface area contributed by atoms with Gasteiger partial charge in [-0.05, 0) is 66.3 Å². The number of anilines is 2. The van der Waals surface area contributed by atoms with Crippen molar-refractivity contribution in [2.75, 3.05) is 17.2 Å². The van der Waals surface area contributed by atoms with Crippen LogP contribution in [0.4, 0.5) is 11.4 Å². The summed E-state index contributed by atoms with van der Waals surface area (Å²) in [6.07, 6.45) is 2.22. The minimum atomic E-state index is -0.227. The second-order valence-corrected chi connectivity index (χ2v) is 9.07. The number of allylic oxidation sites excluding steroid dienone is 1. The van der Waals surface area contributed by atoms with E-state index in [0.717, 1.165) is 52.4 Å². The molecule has 4 nitrogen and oxygen atoms in total. The number of para-hydroxylation sites is 2. The zero-order valence-corrected chi connectivity index (χ0v) is 19.4. The Kier molecular flexibility index (Phi) is 6.10. The van der Waals surface area contributed by atoms with Gasteiger partial charge >= 0.3 is 0 Å². The molecule has 0 amide bonds. The maximum absolute atomic E-state index is 13.6. The first-order valence-corrected chi connectivity index (χ1v) is 11.9. The van der Waals surface area contributed by atoms with E-state index in [1.807, 2.05) is 60.7 Å². The number of ketones is 1. The predicted molar refractivity (Wildman–Crippen MR) is 134 cm³/mol. The fourth-order valence-corrected chi connectivity index (χ4v) is 4.82. The van der Waals surface area contributed by atoms with Crippen LogP contribution in [0.5, 0.6) is 5.75 Å². The van der Waals surface area contributed by atoms with E-state index in [2.05, 4.69) is 29.7 Å². The van der Waals surface area contributed by atoms with Crippen LogP contribution in [-0.2, 0) is 4.79 Å². The fraction of sp³-hybridized carbons (Fsp3) is 0.250. The molecule has 0 spiro atoms. The Bertz CT molecular complexity index is 1190. The molecule has 33 heavy (non-hydrogen) atoms. The number of nitrogens with one attached hydrogen (secondary N) is 2. The summed E-state index contributed by atoms with van der Waals surface area (Å²) in [5.41, 5.74) is 5.96. The van der Waals surface area contributed by atoms with Crippen LogP contribution < -0.4 is 15.4 Å². The Morgan fingerprint density at radius 2 is 1.61 bits per heavy atom. The summed E-state index contributed by atoms with van der Waals surface area (Å²) in [7, 11) is 0. The summed E-state index contributed by atoms with van der Waals surface area (Å²) in [5, 5.41) is 7.92. The van der Waals surface area contributed by atoms with Gasteiger partial charge in [0.1, 0.15) is 5.75 Å². The van der Waals surface area contributed by atoms with Crippen molar-refractivity contribution >= 4 is 28.8 Å². The maximum atomic E-state index is 13.6. The van der Waals surface area contributed by atoms with E-state index >= 15 is 0 Å². The highest BCUT2D eigenvalue weighted by molar-refractivity contribution is 6.30. The monoisotopic (exact) mass is 458 g/mol. The van der Waals surface area contributed by atoms with Crippen LogP contribution in [-0.4, -0.2) is 12.4 Å². The van der Waals surface area contributed by atoms with Crippen molar-refractivity contribution in [3.8, 4) is 5.75 Å². The van der Waals surface area contributed by atoms with Crippen molar-refractivity contribution in [3.05, 3.63) is 100 Å². The lowest BCUT2D eigenvalue weighted by molar-refractivity contribution is -0.116. The van der Waals surface area contributed by atoms with Crippen LogP contribution in [0.25, 0.3) is 0 Å². The molecular formula is C28H27ClN2O2. The molecule has 3 aromatic carbocycles. The highest BCUT2D eigenvalue weighted by Gasteiger charge is 2.36. The van der Waals surface area contributed by atoms with Crippen molar-refractivity contribution in [3.63, 3.8) is 0 Å². The largest absolute Gasteiger partial charge is 0.494 e. The molecule has 1 heterocycles. The van der Waals surface area contributed by atoms with Gasteiger partial charge < -0.3 is 15.4 Å². The van der Waals surface area contributed by atoms with Crippen LogP contribution >= 0.6 is 11.6 Å². The van der Waals surface area contributed by atoms with Gasteiger partial charge in [0.25, 0.3) is 0 Å². The zero-order valence-electron chi connectivity index (χ0n) is 18.6. The topological polar surface area (TPSA) is 50.4 Å². The molecule has 0 aromatic heterocycles. The van der Waals surface area contributed by atoms with Gasteiger partial charge in [-0.2, -0.15) is 0 Å². The lowest BCUT2D eigenvalue weighted by Gasteiger charge is -2.30. The van der Waals surface area contributed by atoms with E-state index in [-0.39, 0.29) is 17.7 Å². The Labute approximate surface area is 199 Å². The molecule has 0 radical (unpaired) electrons. The number of halogens is 1. The van der Waals surface area contributed by atoms with Crippen molar-refractivity contribution in [1.29, 1.82) is 0 Å². The molecular weight excluding hydrogens is 432 g/mol. The number of rotatable bonds is 5. The van der Waals surface area contributed by atoms with Gasteiger partial charge in [-0.15, -0.1) is 0 Å². The van der Waals surface area contributed by atoms with E-state index in [1.54, 1.807) is 0 Å². The average Bonchev–Trinajstić information content (AvgIpc) is 3.00. The molecule has 1 aliphatic heterocycles. The summed E-state index contributed by atoms with van der Waals surface area (Å²) >= 11 is 6.09. The van der Waals surface area contributed by atoms with Gasteiger partial charge in [0.2, 0.25) is 0 Å². The lowest BCUT2D eigenvalue weighted by atomic mass is 9.78. The second-order valence-electron chi connectivity index (χ2n) is 8.64. The summed E-state index contributed by atoms with van der Waals surface area (Å²) in [6, 6.07) is 23.8. The van der Waals surface area contributed by atoms with Crippen LogP contribution in [0.1, 0.15) is 49.3 Å². The highest BCUT2D eigenvalue weighted by atomic mass is 35.5. The minimum absolute atomic E-state index is 0.122. The van der Waals surface area contributed by atoms with Gasteiger partial charge in [0, 0.05) is 22.7 Å². The summed E-state index contributed by atoms with van der Waals surface area (Å²) < 4.78 is 5.76. The van der Waals surface area contributed by atoms with Crippen LogP contribution in [0, 0.1) is 0 Å². The number of carbonyl (C=O) groups is 1. The number of benzene rings is 3. The number of ether oxygens (including phenoxy) is 1. The Balaban J connectivity index is 1.53. The SMILES string of the molecule is CCCOc1ccc(C2Nc3ccccc3NC3=C2C(=O)CC(c2ccc(Cl)cc2)C3)cc1. The third kappa shape index (κ3) is 4.49. The second kappa shape index (κ2) is 9.32. The Morgan fingerprint density at radius 3 is 2.33 bits per heavy atom. The first-order valence-electron chi connectivity index (χ1n) is 11.5. The van der Waals surface area contributed by atoms with Crippen molar-refractivity contribution < 1.29 is 9.53 Å². The molecule has 0 fully saturated rings. The molecule has 5 heteroatoms. The van der Waals surface area contributed by atoms with Crippen LogP contribution in [0.3, 0.4) is 0 Å². The van der Waals surface area contributed by atoms with Gasteiger partial charge in [0.15, 0.2) is 5.78 Å². The summed E-state index contributed by atoms with van der Waals surface area (Å²) in [5.74, 6) is 1.14. The van der Waals surface area contributed by atoms with E-state index < -0.39 is 0 Å². The van der Waals surface area contributed by atoms with E-state index in [9.17, 15) is 4.79 Å². The van der Waals surface area contributed by atoms with Gasteiger partial charge in [-0.25, -0.2) is 0 Å². The number of Topliss-reactive ketones (excluding diaryl/α,β-unsaturated/α-hetero) is 1. The molecule has 0 saturated carbocycles. The van der Waals surface area contributed by atoms with Gasteiger partial charge in [-0.3, -0.25) is 4.79 Å². The predicted octanol–water partition coefficient (Wildman–Crippen LogP) is 7.11. The zero-order chi connectivity index (χ0) is 22.8. The van der Waals surface area contributed by atoms with E-state index in [4.69, 9.17) is 16.3 Å². The number of hydrogen-bond donors (Lipinski definition) is 2. The molecule has 0 bridgehead atoms. The molecule has 0 saturated heterocycles. The van der Waals surface area contributed by atoms with Gasteiger partial charge in [-0.1, -0.05) is 54.9 Å². The molecule has 1 aliphatic carbocycles. The molecule has 2 N–H and O–H groups in total. The average molecular weight is 459 g/mol. The number of fused-ring (bicyclic) bond motifs is 1. The fourth-order valence-electron chi connectivity index (χ4n) is 4.69. The van der Waals surface area contributed by atoms with E-state index in [1.165, 1.54) is 0 Å². The highest BCUT2D eigenvalue weighted by Crippen LogP contribution is 2.44. The molecule has 168 valence electrons. The van der Waals surface area contributed by atoms with Gasteiger partial charge in [0.05, 0.1) is 24.0 Å². The third-order valence-corrected chi connectivity index (χ3v) is 6.59. The number of hydrogen-bond acceptors (Lipinski definition) is 4. The molecule has 2 unspecified atom stereocenters. The normalized spacial score (nSPS) is 19.6. The first-order chi connectivity index (χ1) is 16.1. The molecule has 3 aromatic rings. The van der Waals surface area contributed by atoms with Crippen LogP contribution in [0.15, 0.2) is 84.1 Å². The smallest absolute Gasteiger partial charge is 0.163 e. The number of carbonyl (C=O) groups excluding carboxylic acids is 1. The molecule has 2 atom stereocenters. The molecule has 2 aliphatic rings. The van der Waals surface area contributed by atoms with Crippen molar-refractivity contribution in [1.82, 2.24) is 0 Å². The minimum Gasteiger partial charge on any atom is -0.494 e. The Hall–Kier alpha value is -3.24. The third-order valence-electron chi connectivity index (χ3n) is 6.34. The maximum Gasteiger partial charge on any atom is 0.163 e. The van der Waals surface area contributed by atoms with Crippen molar-refractivity contribution in [2.24, 2.45) is 0 Å². The van der Waals surface area contributed by atoms with Crippen molar-refractivity contribution in [2.45, 2.75) is 38.1 Å². The Morgan fingerprint density at radius 1 is 0.909 bits per heavy atom. The standard InChI is InChI=1S/C28H27ClN2O2/c1-2-15-33-22-13-9-19(10-14-22)28-27-25(30-23-5-3-4-6-24(23)31-28)16-20(17-26(27)32)18-7-11-21(29)12-8-18/h3-14,20,28,30-31H,2,15-17H2,1H3. The summed E-state index contributed by atoms with van der Waals surface area (Å²) in [4.78, 5) is 13.6. The van der Waals surface area contributed by atoms with E-state index in [0.29, 0.717) is 18.1 Å². The lowest BCUT2D eigenvalue weighted by Crippen LogP contribution is -2.26. The van der Waals surface area contributed by atoms with Crippen LogP contribution in [0.2, 0.25) is 5.02 Å². The summed E-state index contributed by atoms with van der Waals surface area (Å²) in [6.45, 7) is 2.78. The quantitative estimate of drug-likeness (QED) is 0.427. The first kappa shape index (κ1) is 21.6. The molecule has 5 rings (SSSR count).